The van der Waals surface area contributed by atoms with Gasteiger partial charge in [0.2, 0.25) is 0 Å². The van der Waals surface area contributed by atoms with E-state index in [0.717, 1.165) is 0 Å². The van der Waals surface area contributed by atoms with E-state index in [2.05, 4.69) is 16.4 Å². The second-order valence-corrected chi connectivity index (χ2v) is 4.15. The molecule has 0 aliphatic rings. The fourth-order valence-corrected chi connectivity index (χ4v) is 1.74. The summed E-state index contributed by atoms with van der Waals surface area (Å²) in [7, 11) is 0. The molecule has 2 N–H and O–H groups in total. The van der Waals surface area contributed by atoms with Gasteiger partial charge in [-0.1, -0.05) is 12.1 Å². The zero-order chi connectivity index (χ0) is 15.6. The summed E-state index contributed by atoms with van der Waals surface area (Å²) in [6, 6.07) is 8.26. The predicted octanol–water partition coefficient (Wildman–Crippen LogP) is 3.45. The highest BCUT2D eigenvalue weighted by Gasteiger charge is 2.33. The van der Waals surface area contributed by atoms with Crippen LogP contribution in [0, 0.1) is 19.1 Å². The highest BCUT2D eigenvalue weighted by molar-refractivity contribution is 5.94. The normalized spacial score (nSPS) is 10.9. The highest BCUT2D eigenvalue weighted by atomic mass is 19.4. The molecule has 0 fully saturated rings. The number of anilines is 2. The number of carbonyl (C=O) groups is 1. The molecule has 7 heteroatoms. The minimum absolute atomic E-state index is 0.0409. The molecule has 2 aromatic rings. The maximum Gasteiger partial charge on any atom is 0.424 e. The second-order valence-electron chi connectivity index (χ2n) is 4.15. The minimum Gasteiger partial charge on any atom is -0.478 e. The van der Waals surface area contributed by atoms with Crippen LogP contribution in [0.15, 0.2) is 24.4 Å². The molecule has 0 bridgehead atoms. The fraction of sp³-hybridized carbons (Fsp3) is 0.143. The van der Waals surface area contributed by atoms with Gasteiger partial charge in [0.25, 0.3) is 0 Å². The molecular weight excluding hydrogens is 285 g/mol. The lowest BCUT2D eigenvalue weighted by Gasteiger charge is -2.13. The van der Waals surface area contributed by atoms with Gasteiger partial charge < -0.3 is 10.4 Å². The van der Waals surface area contributed by atoms with Crippen LogP contribution in [0.1, 0.15) is 21.5 Å². The first-order valence-corrected chi connectivity index (χ1v) is 5.76. The Bertz CT molecular complexity index is 684. The lowest BCUT2D eigenvalue weighted by molar-refractivity contribution is -0.138. The third kappa shape index (κ3) is 3.05. The number of nitrogens with one attached hydrogen (secondary N) is 1. The van der Waals surface area contributed by atoms with Crippen molar-refractivity contribution in [1.29, 1.82) is 0 Å². The summed E-state index contributed by atoms with van der Waals surface area (Å²) < 4.78 is 38.4. The average Bonchev–Trinajstić information content (AvgIpc) is 2.40. The van der Waals surface area contributed by atoms with Gasteiger partial charge in [-0.05, 0) is 24.6 Å². The number of carboxylic acids is 1. The number of aromatic carboxylic acids is 1. The summed E-state index contributed by atoms with van der Waals surface area (Å²) in [5.74, 6) is -1.27. The molecule has 0 spiro atoms. The van der Waals surface area contributed by atoms with Crippen LogP contribution in [0.4, 0.5) is 24.7 Å². The number of aromatic nitrogens is 1. The summed E-state index contributed by atoms with van der Waals surface area (Å²) in [6.07, 6.45) is -3.22. The third-order valence-electron chi connectivity index (χ3n) is 2.77. The first-order chi connectivity index (χ1) is 9.80. The highest BCUT2D eigenvalue weighted by Crippen LogP contribution is 2.33. The Morgan fingerprint density at radius 1 is 1.43 bits per heavy atom. The Balaban J connectivity index is 2.44. The van der Waals surface area contributed by atoms with Crippen LogP contribution in [-0.2, 0) is 6.18 Å². The van der Waals surface area contributed by atoms with Crippen molar-refractivity contribution in [3.63, 3.8) is 0 Å². The molecule has 0 radical (unpaired) electrons. The lowest BCUT2D eigenvalue weighted by atomic mass is 10.1. The molecule has 21 heavy (non-hydrogen) atoms. The van der Waals surface area contributed by atoms with E-state index in [1.807, 2.05) is 6.07 Å². The van der Waals surface area contributed by atoms with E-state index < -0.39 is 17.7 Å². The number of carboxylic acid groups (broad SMARTS) is 1. The average molecular weight is 294 g/mol. The number of halogens is 3. The maximum absolute atomic E-state index is 12.8. The van der Waals surface area contributed by atoms with Crippen molar-refractivity contribution in [1.82, 2.24) is 4.98 Å². The first kappa shape index (κ1) is 14.7. The van der Waals surface area contributed by atoms with Crippen molar-refractivity contribution in [2.45, 2.75) is 13.1 Å². The van der Waals surface area contributed by atoms with Gasteiger partial charge in [-0.15, -0.1) is 0 Å². The standard InChI is InChI=1S/C14H9F3N2O2/c1-8-10(14(15,16)17)5-2-6-11(8)19-12-9(13(20)21)4-3-7-18-12/h3-4,6-7H,1H3,(H,18,19)(H,20,21). The quantitative estimate of drug-likeness (QED) is 0.910. The van der Waals surface area contributed by atoms with E-state index in [9.17, 15) is 18.0 Å². The lowest BCUT2D eigenvalue weighted by Crippen LogP contribution is -2.09. The van der Waals surface area contributed by atoms with E-state index in [1.165, 1.54) is 31.3 Å². The van der Waals surface area contributed by atoms with Gasteiger partial charge in [0.05, 0.1) is 5.69 Å². The molecule has 1 heterocycles. The van der Waals surface area contributed by atoms with Crippen molar-refractivity contribution in [3.05, 3.63) is 53.2 Å². The molecule has 0 saturated heterocycles. The van der Waals surface area contributed by atoms with Crippen molar-refractivity contribution in [2.75, 3.05) is 5.32 Å². The van der Waals surface area contributed by atoms with Gasteiger partial charge in [0.1, 0.15) is 16.9 Å². The summed E-state index contributed by atoms with van der Waals surface area (Å²) in [4.78, 5) is 14.9. The van der Waals surface area contributed by atoms with Crippen LogP contribution in [0.25, 0.3) is 0 Å². The van der Waals surface area contributed by atoms with Crippen molar-refractivity contribution >= 4 is 17.5 Å². The Morgan fingerprint density at radius 2 is 2.14 bits per heavy atom. The van der Waals surface area contributed by atoms with Crippen molar-refractivity contribution in [2.24, 2.45) is 0 Å². The van der Waals surface area contributed by atoms with Gasteiger partial charge in [0.15, 0.2) is 0 Å². The molecule has 0 aliphatic carbocycles. The van der Waals surface area contributed by atoms with E-state index in [4.69, 9.17) is 5.11 Å². The molecule has 4 nitrogen and oxygen atoms in total. The van der Waals surface area contributed by atoms with Crippen LogP contribution in [-0.4, -0.2) is 16.1 Å². The van der Waals surface area contributed by atoms with Crippen LogP contribution in [0.5, 0.6) is 0 Å². The van der Waals surface area contributed by atoms with Crippen LogP contribution >= 0.6 is 0 Å². The maximum atomic E-state index is 12.8. The smallest absolute Gasteiger partial charge is 0.424 e. The van der Waals surface area contributed by atoms with Crippen LogP contribution in [0.3, 0.4) is 0 Å². The SMILES string of the molecule is Cc1c(C(F)(F)F)c#ccc1Nc1ncccc1C(=O)O. The van der Waals surface area contributed by atoms with Crippen LogP contribution < -0.4 is 5.32 Å². The topological polar surface area (TPSA) is 62.2 Å². The molecule has 0 aliphatic heterocycles. The molecule has 2 rings (SSSR count). The van der Waals surface area contributed by atoms with Crippen molar-refractivity contribution < 1.29 is 23.1 Å². The molecule has 0 unspecified atom stereocenters. The summed E-state index contributed by atoms with van der Waals surface area (Å²) in [5.41, 5.74) is -1.14. The molecule has 0 amide bonds. The van der Waals surface area contributed by atoms with E-state index in [0.29, 0.717) is 0 Å². The van der Waals surface area contributed by atoms with Gasteiger partial charge in [-0.2, -0.15) is 13.2 Å². The predicted molar refractivity (Wildman–Crippen MR) is 68.3 cm³/mol. The number of hydrogen-bond donors (Lipinski definition) is 2. The number of hydrogen-bond acceptors (Lipinski definition) is 3. The van der Waals surface area contributed by atoms with E-state index >= 15 is 0 Å². The molecule has 1 aromatic heterocycles. The zero-order valence-electron chi connectivity index (χ0n) is 10.7. The van der Waals surface area contributed by atoms with Crippen LogP contribution in [0.2, 0.25) is 0 Å². The Morgan fingerprint density at radius 3 is 2.76 bits per heavy atom. The van der Waals surface area contributed by atoms with Gasteiger partial charge >= 0.3 is 12.1 Å². The molecular formula is C14H9F3N2O2. The second kappa shape index (κ2) is 5.32. The van der Waals surface area contributed by atoms with Gasteiger partial charge in [0, 0.05) is 12.3 Å². The van der Waals surface area contributed by atoms with E-state index in [1.54, 1.807) is 0 Å². The largest absolute Gasteiger partial charge is 0.478 e. The van der Waals surface area contributed by atoms with E-state index in [-0.39, 0.29) is 22.6 Å². The van der Waals surface area contributed by atoms with Crippen molar-refractivity contribution in [3.8, 4) is 0 Å². The molecule has 0 atom stereocenters. The first-order valence-electron chi connectivity index (χ1n) is 5.76. The Labute approximate surface area is 118 Å². The molecule has 108 valence electrons. The summed E-state index contributed by atoms with van der Waals surface area (Å²) >= 11 is 0. The number of alkyl halides is 3. The number of pyridine rings is 1. The Kier molecular flexibility index (Phi) is 3.72. The van der Waals surface area contributed by atoms with Gasteiger partial charge in [-0.3, -0.25) is 0 Å². The number of rotatable bonds is 3. The monoisotopic (exact) mass is 294 g/mol. The minimum atomic E-state index is -4.56. The Hall–Kier alpha value is -2.75. The summed E-state index contributed by atoms with van der Waals surface area (Å²) in [6.45, 7) is 1.26. The number of nitrogens with zero attached hydrogens (tertiary/aromatic N) is 1. The molecule has 0 saturated carbocycles. The zero-order valence-corrected chi connectivity index (χ0v) is 10.7. The third-order valence-corrected chi connectivity index (χ3v) is 2.77. The van der Waals surface area contributed by atoms with Gasteiger partial charge in [-0.25, -0.2) is 9.78 Å². The molecule has 1 aromatic carbocycles. The fourth-order valence-electron chi connectivity index (χ4n) is 1.74. The summed E-state index contributed by atoms with van der Waals surface area (Å²) in [5, 5.41) is 11.6.